The molecule has 0 bridgehead atoms. The molecule has 0 saturated heterocycles. The number of carbonyl (C=O) groups is 1. The molecule has 1 amide bonds. The molecule has 0 atom stereocenters. The van der Waals surface area contributed by atoms with E-state index in [4.69, 9.17) is 21.1 Å². The van der Waals surface area contributed by atoms with Crippen LogP contribution in [0.4, 0.5) is 5.69 Å². The number of hydrogen-bond donors (Lipinski definition) is 1. The second-order valence-corrected chi connectivity index (χ2v) is 4.94. The number of nitrogens with one attached hydrogen (secondary N) is 1. The molecule has 0 unspecified atom stereocenters. The molecule has 2 rings (SSSR count). The molecule has 0 saturated carbocycles. The molecule has 0 aliphatic carbocycles. The van der Waals surface area contributed by atoms with Crippen molar-refractivity contribution >= 4 is 34.5 Å². The Labute approximate surface area is 118 Å². The molecule has 1 heterocycles. The zero-order chi connectivity index (χ0) is 13.8. The molecule has 8 heteroatoms. The molecule has 6 nitrogen and oxygen atoms in total. The van der Waals surface area contributed by atoms with Crippen LogP contribution < -0.4 is 14.8 Å². The molecule has 0 aliphatic rings. The number of rotatable bonds is 4. The van der Waals surface area contributed by atoms with Gasteiger partial charge in [-0.2, -0.15) is 0 Å². The predicted octanol–water partition coefficient (Wildman–Crippen LogP) is 2.46. The van der Waals surface area contributed by atoms with Crippen LogP contribution in [0.15, 0.2) is 18.2 Å². The predicted molar refractivity (Wildman–Crippen MR) is 72.4 cm³/mol. The van der Waals surface area contributed by atoms with Gasteiger partial charge in [0.15, 0.2) is 0 Å². The van der Waals surface area contributed by atoms with Crippen LogP contribution >= 0.6 is 22.9 Å². The highest BCUT2D eigenvalue weighted by Gasteiger charge is 2.14. The van der Waals surface area contributed by atoms with Crippen LogP contribution in [0, 0.1) is 0 Å². The molecule has 2 aromatic rings. The molecule has 0 aliphatic heterocycles. The number of amides is 1. The zero-order valence-electron chi connectivity index (χ0n) is 10.1. The van der Waals surface area contributed by atoms with Crippen molar-refractivity contribution in [3.05, 3.63) is 27.7 Å². The summed E-state index contributed by atoms with van der Waals surface area (Å²) < 4.78 is 10.5. The lowest BCUT2D eigenvalue weighted by Gasteiger charge is -2.10. The first-order valence-electron chi connectivity index (χ1n) is 5.16. The summed E-state index contributed by atoms with van der Waals surface area (Å²) in [5, 5.41) is 10.1. The highest BCUT2D eigenvalue weighted by Crippen LogP contribution is 2.29. The van der Waals surface area contributed by atoms with Crippen LogP contribution in [0.1, 0.15) is 9.80 Å². The number of benzene rings is 1. The number of aromatic nitrogens is 2. The standard InChI is InChI=1S/C11H10ClN3O3S/c1-17-6-3-4-7(8(5-6)18-2)13-9(16)10-14-15-11(12)19-10/h3-5H,1-2H3,(H,13,16). The first-order chi connectivity index (χ1) is 9.13. The lowest BCUT2D eigenvalue weighted by atomic mass is 10.2. The highest BCUT2D eigenvalue weighted by atomic mass is 35.5. The average Bonchev–Trinajstić information content (AvgIpc) is 2.86. The van der Waals surface area contributed by atoms with Crippen LogP contribution in [0.2, 0.25) is 4.47 Å². The van der Waals surface area contributed by atoms with Gasteiger partial charge in [-0.05, 0) is 23.7 Å². The Bertz CT molecular complexity index is 603. The molecule has 1 N–H and O–H groups in total. The third kappa shape index (κ3) is 3.12. The molecule has 1 aromatic carbocycles. The van der Waals surface area contributed by atoms with Crippen molar-refractivity contribution in [2.75, 3.05) is 19.5 Å². The van der Waals surface area contributed by atoms with E-state index < -0.39 is 5.91 Å². The maximum Gasteiger partial charge on any atom is 0.286 e. The van der Waals surface area contributed by atoms with Gasteiger partial charge in [0, 0.05) is 6.07 Å². The summed E-state index contributed by atoms with van der Waals surface area (Å²) in [5.41, 5.74) is 0.514. The van der Waals surface area contributed by atoms with Crippen LogP contribution in [-0.2, 0) is 0 Å². The molecule has 0 fully saturated rings. The van der Waals surface area contributed by atoms with E-state index in [9.17, 15) is 4.79 Å². The Balaban J connectivity index is 2.21. The van der Waals surface area contributed by atoms with Crippen LogP contribution in [0.5, 0.6) is 11.5 Å². The van der Waals surface area contributed by atoms with Crippen molar-refractivity contribution in [3.63, 3.8) is 0 Å². The number of carbonyl (C=O) groups excluding carboxylic acids is 1. The van der Waals surface area contributed by atoms with E-state index in [1.54, 1.807) is 25.3 Å². The number of anilines is 1. The Morgan fingerprint density at radius 2 is 2.11 bits per heavy atom. The minimum Gasteiger partial charge on any atom is -0.497 e. The van der Waals surface area contributed by atoms with E-state index in [1.807, 2.05) is 0 Å². The molecular formula is C11H10ClN3O3S. The Morgan fingerprint density at radius 1 is 1.32 bits per heavy atom. The van der Waals surface area contributed by atoms with E-state index in [-0.39, 0.29) is 9.47 Å². The maximum atomic E-state index is 11.9. The number of ether oxygens (including phenoxy) is 2. The number of nitrogens with zero attached hydrogens (tertiary/aromatic N) is 2. The summed E-state index contributed by atoms with van der Waals surface area (Å²) in [4.78, 5) is 11.9. The van der Waals surface area contributed by atoms with Gasteiger partial charge in [-0.15, -0.1) is 10.2 Å². The van der Waals surface area contributed by atoms with Crippen LogP contribution in [0.3, 0.4) is 0 Å². The Kier molecular flexibility index (Phi) is 4.18. The fourth-order valence-electron chi connectivity index (χ4n) is 1.37. The van der Waals surface area contributed by atoms with Gasteiger partial charge in [-0.25, -0.2) is 0 Å². The largest absolute Gasteiger partial charge is 0.497 e. The van der Waals surface area contributed by atoms with Gasteiger partial charge in [0.25, 0.3) is 5.91 Å². The van der Waals surface area contributed by atoms with Gasteiger partial charge < -0.3 is 14.8 Å². The number of halogens is 1. The van der Waals surface area contributed by atoms with Gasteiger partial charge >= 0.3 is 0 Å². The topological polar surface area (TPSA) is 73.3 Å². The summed E-state index contributed by atoms with van der Waals surface area (Å²) >= 11 is 6.63. The van der Waals surface area contributed by atoms with Gasteiger partial charge in [0.1, 0.15) is 11.5 Å². The SMILES string of the molecule is COc1ccc(NC(=O)c2nnc(Cl)s2)c(OC)c1. The van der Waals surface area contributed by atoms with Gasteiger partial charge in [0.05, 0.1) is 19.9 Å². The first-order valence-corrected chi connectivity index (χ1v) is 6.36. The Hall–Kier alpha value is -1.86. The molecule has 0 spiro atoms. The molecule has 0 radical (unpaired) electrons. The van der Waals surface area contributed by atoms with E-state index in [1.165, 1.54) is 7.11 Å². The minimum atomic E-state index is -0.395. The van der Waals surface area contributed by atoms with Crippen molar-refractivity contribution in [1.29, 1.82) is 0 Å². The van der Waals surface area contributed by atoms with E-state index >= 15 is 0 Å². The molecule has 100 valence electrons. The lowest BCUT2D eigenvalue weighted by molar-refractivity contribution is 0.102. The molecular weight excluding hydrogens is 290 g/mol. The van der Waals surface area contributed by atoms with Gasteiger partial charge in [-0.3, -0.25) is 4.79 Å². The summed E-state index contributed by atoms with van der Waals surface area (Å²) in [7, 11) is 3.06. The fourth-order valence-corrected chi connectivity index (χ4v) is 2.10. The zero-order valence-corrected chi connectivity index (χ0v) is 11.7. The second-order valence-electron chi connectivity index (χ2n) is 3.38. The third-order valence-electron chi connectivity index (χ3n) is 2.25. The summed E-state index contributed by atoms with van der Waals surface area (Å²) in [5.74, 6) is 0.727. The molecule has 1 aromatic heterocycles. The second kappa shape index (κ2) is 5.85. The van der Waals surface area contributed by atoms with Crippen LogP contribution in [0.25, 0.3) is 0 Å². The smallest absolute Gasteiger partial charge is 0.286 e. The Morgan fingerprint density at radius 3 is 2.68 bits per heavy atom. The minimum absolute atomic E-state index is 0.183. The highest BCUT2D eigenvalue weighted by molar-refractivity contribution is 7.17. The monoisotopic (exact) mass is 299 g/mol. The maximum absolute atomic E-state index is 11.9. The lowest BCUT2D eigenvalue weighted by Crippen LogP contribution is -2.12. The third-order valence-corrected chi connectivity index (χ3v) is 3.27. The quantitative estimate of drug-likeness (QED) is 0.939. The first kappa shape index (κ1) is 13.6. The summed E-state index contributed by atoms with van der Waals surface area (Å²) in [6.45, 7) is 0. The van der Waals surface area contributed by atoms with Crippen LogP contribution in [-0.4, -0.2) is 30.3 Å². The normalized spacial score (nSPS) is 10.1. The average molecular weight is 300 g/mol. The number of methoxy groups -OCH3 is 2. The van der Waals surface area contributed by atoms with Crippen molar-refractivity contribution in [2.24, 2.45) is 0 Å². The fraction of sp³-hybridized carbons (Fsp3) is 0.182. The molecule has 19 heavy (non-hydrogen) atoms. The van der Waals surface area contributed by atoms with E-state index in [2.05, 4.69) is 15.5 Å². The van der Waals surface area contributed by atoms with Crippen molar-refractivity contribution in [2.45, 2.75) is 0 Å². The van der Waals surface area contributed by atoms with Crippen molar-refractivity contribution in [1.82, 2.24) is 10.2 Å². The van der Waals surface area contributed by atoms with Gasteiger partial charge in [-0.1, -0.05) is 11.3 Å². The van der Waals surface area contributed by atoms with Crippen molar-refractivity contribution < 1.29 is 14.3 Å². The summed E-state index contributed by atoms with van der Waals surface area (Å²) in [6, 6.07) is 5.06. The van der Waals surface area contributed by atoms with E-state index in [0.29, 0.717) is 17.2 Å². The van der Waals surface area contributed by atoms with Gasteiger partial charge in [0.2, 0.25) is 9.47 Å². The van der Waals surface area contributed by atoms with Crippen molar-refractivity contribution in [3.8, 4) is 11.5 Å². The number of hydrogen-bond acceptors (Lipinski definition) is 6. The summed E-state index contributed by atoms with van der Waals surface area (Å²) in [6.07, 6.45) is 0. The van der Waals surface area contributed by atoms with E-state index in [0.717, 1.165) is 11.3 Å².